The van der Waals surface area contributed by atoms with Gasteiger partial charge < -0.3 is 15.3 Å². The van der Waals surface area contributed by atoms with E-state index in [2.05, 4.69) is 38.2 Å². The highest BCUT2D eigenvalue weighted by Gasteiger charge is 2.39. The van der Waals surface area contributed by atoms with Crippen LogP contribution in [0.3, 0.4) is 0 Å². The molecular weight excluding hydrogens is 220 g/mol. The molecule has 4 heteroatoms. The molecule has 1 rings (SSSR count). The molecule has 0 amide bonds. The lowest BCUT2D eigenvalue weighted by molar-refractivity contribution is 0.126. The zero-order valence-electron chi connectivity index (χ0n) is 11.0. The molecule has 0 radical (unpaired) electrons. The van der Waals surface area contributed by atoms with Crippen molar-refractivity contribution in [2.45, 2.75) is 25.8 Å². The summed E-state index contributed by atoms with van der Waals surface area (Å²) < 4.78 is 0. The van der Waals surface area contributed by atoms with Crippen LogP contribution in [-0.2, 0) is 0 Å². The van der Waals surface area contributed by atoms with E-state index in [9.17, 15) is 5.11 Å². The average molecular weight is 246 g/mol. The molecule has 0 aromatic carbocycles. The van der Waals surface area contributed by atoms with Gasteiger partial charge in [0.2, 0.25) is 0 Å². The zero-order valence-corrected chi connectivity index (χ0v) is 11.9. The molecule has 0 aromatic rings. The minimum Gasteiger partial charge on any atom is -0.394 e. The third-order valence-corrected chi connectivity index (χ3v) is 4.79. The third-order valence-electron chi connectivity index (χ3n) is 3.05. The van der Waals surface area contributed by atoms with Gasteiger partial charge in [0.1, 0.15) is 0 Å². The van der Waals surface area contributed by atoms with Gasteiger partial charge in [-0.25, -0.2) is 0 Å². The van der Waals surface area contributed by atoms with Crippen molar-refractivity contribution in [3.63, 3.8) is 0 Å². The number of thioether (sulfide) groups is 1. The van der Waals surface area contributed by atoms with Gasteiger partial charge in [-0.3, -0.25) is 0 Å². The first-order valence-electron chi connectivity index (χ1n) is 5.98. The van der Waals surface area contributed by atoms with Crippen molar-refractivity contribution in [1.29, 1.82) is 0 Å². The molecule has 16 heavy (non-hydrogen) atoms. The Morgan fingerprint density at radius 1 is 1.31 bits per heavy atom. The molecule has 96 valence electrons. The molecule has 1 fully saturated rings. The Labute approximate surface area is 104 Å². The molecule has 0 aliphatic carbocycles. The second-order valence-corrected chi connectivity index (χ2v) is 6.99. The Balaban J connectivity index is 2.49. The number of rotatable bonds is 5. The van der Waals surface area contributed by atoms with Crippen LogP contribution in [0.2, 0.25) is 0 Å². The lowest BCUT2D eigenvalue weighted by Gasteiger charge is -2.44. The summed E-state index contributed by atoms with van der Waals surface area (Å²) in [5.74, 6) is 2.23. The van der Waals surface area contributed by atoms with E-state index in [1.54, 1.807) is 0 Å². The van der Waals surface area contributed by atoms with Gasteiger partial charge in [-0.1, -0.05) is 13.8 Å². The summed E-state index contributed by atoms with van der Waals surface area (Å²) in [6.07, 6.45) is 1.07. The van der Waals surface area contributed by atoms with E-state index in [4.69, 9.17) is 0 Å². The largest absolute Gasteiger partial charge is 0.394 e. The first kappa shape index (κ1) is 14.3. The van der Waals surface area contributed by atoms with Crippen LogP contribution in [0.4, 0.5) is 0 Å². The summed E-state index contributed by atoms with van der Waals surface area (Å²) in [5, 5.41) is 13.2. The summed E-state index contributed by atoms with van der Waals surface area (Å²) >= 11 is 1.96. The summed E-state index contributed by atoms with van der Waals surface area (Å²) in [4.78, 5) is 2.17. The van der Waals surface area contributed by atoms with Gasteiger partial charge in [-0.2, -0.15) is 11.8 Å². The van der Waals surface area contributed by atoms with E-state index in [0.717, 1.165) is 25.3 Å². The maximum atomic E-state index is 9.65. The Morgan fingerprint density at radius 3 is 2.50 bits per heavy atom. The molecule has 0 bridgehead atoms. The highest BCUT2D eigenvalue weighted by atomic mass is 32.2. The fourth-order valence-corrected chi connectivity index (χ4v) is 3.80. The summed E-state index contributed by atoms with van der Waals surface area (Å²) in [5.41, 5.74) is 0.263. The molecule has 0 saturated carbocycles. The second-order valence-electron chi connectivity index (χ2n) is 6.00. The lowest BCUT2D eigenvalue weighted by atomic mass is 9.80. The van der Waals surface area contributed by atoms with Gasteiger partial charge in [-0.15, -0.1) is 0 Å². The Morgan fingerprint density at radius 2 is 2.00 bits per heavy atom. The molecule has 1 saturated heterocycles. The van der Waals surface area contributed by atoms with E-state index in [0.29, 0.717) is 5.41 Å². The number of aliphatic hydroxyl groups excluding tert-OH is 1. The van der Waals surface area contributed by atoms with Gasteiger partial charge in [0.25, 0.3) is 0 Å². The van der Waals surface area contributed by atoms with E-state index in [1.807, 2.05) is 11.8 Å². The molecule has 3 nitrogen and oxygen atoms in total. The van der Waals surface area contributed by atoms with E-state index in [1.165, 1.54) is 5.75 Å². The predicted molar refractivity (Wildman–Crippen MR) is 72.1 cm³/mol. The Hall–Kier alpha value is 0.230. The van der Waals surface area contributed by atoms with E-state index >= 15 is 0 Å². The SMILES string of the molecule is CN(C)CCNC1(CO)CSCC(C)(C)C1. The summed E-state index contributed by atoms with van der Waals surface area (Å²) in [7, 11) is 4.15. The lowest BCUT2D eigenvalue weighted by Crippen LogP contribution is -2.57. The van der Waals surface area contributed by atoms with Crippen molar-refractivity contribution in [1.82, 2.24) is 10.2 Å². The minimum absolute atomic E-state index is 0.0670. The number of aliphatic hydroxyl groups is 1. The number of nitrogens with zero attached hydrogens (tertiary/aromatic N) is 1. The molecule has 0 aromatic heterocycles. The molecule has 0 spiro atoms. The molecule has 1 atom stereocenters. The second kappa shape index (κ2) is 5.71. The van der Waals surface area contributed by atoms with Gasteiger partial charge in [0, 0.05) is 18.8 Å². The maximum Gasteiger partial charge on any atom is 0.0621 e. The van der Waals surface area contributed by atoms with Crippen molar-refractivity contribution >= 4 is 11.8 Å². The fourth-order valence-electron chi connectivity index (χ4n) is 2.36. The van der Waals surface area contributed by atoms with Crippen LogP contribution >= 0.6 is 11.8 Å². The first-order valence-corrected chi connectivity index (χ1v) is 7.13. The summed E-state index contributed by atoms with van der Waals surface area (Å²) in [6, 6.07) is 0. The van der Waals surface area contributed by atoms with Crippen LogP contribution in [0.25, 0.3) is 0 Å². The molecule has 1 aliphatic heterocycles. The van der Waals surface area contributed by atoms with Gasteiger partial charge >= 0.3 is 0 Å². The standard InChI is InChI=1S/C12H26N2OS/c1-11(2)7-12(8-15,10-16-9-11)13-5-6-14(3)4/h13,15H,5-10H2,1-4H3. The van der Waals surface area contributed by atoms with Crippen LogP contribution in [0, 0.1) is 5.41 Å². The quantitative estimate of drug-likeness (QED) is 0.759. The fraction of sp³-hybridized carbons (Fsp3) is 1.00. The Kier molecular flexibility index (Phi) is 5.10. The monoisotopic (exact) mass is 246 g/mol. The maximum absolute atomic E-state index is 9.65. The van der Waals surface area contributed by atoms with Crippen molar-refractivity contribution < 1.29 is 5.11 Å². The van der Waals surface area contributed by atoms with Crippen LogP contribution < -0.4 is 5.32 Å². The molecule has 1 heterocycles. The Bertz CT molecular complexity index is 221. The first-order chi connectivity index (χ1) is 7.39. The highest BCUT2D eigenvalue weighted by Crippen LogP contribution is 2.38. The third kappa shape index (κ3) is 4.24. The number of nitrogens with one attached hydrogen (secondary N) is 1. The van der Waals surface area contributed by atoms with Crippen LogP contribution in [0.5, 0.6) is 0 Å². The highest BCUT2D eigenvalue weighted by molar-refractivity contribution is 7.99. The van der Waals surface area contributed by atoms with E-state index < -0.39 is 0 Å². The predicted octanol–water partition coefficient (Wildman–Crippen LogP) is 1.03. The van der Waals surface area contributed by atoms with Crippen LogP contribution in [-0.4, -0.2) is 60.8 Å². The summed E-state index contributed by atoms with van der Waals surface area (Å²) in [6.45, 7) is 6.79. The van der Waals surface area contributed by atoms with Crippen molar-refractivity contribution in [3.05, 3.63) is 0 Å². The number of likely N-dealkylation sites (N-methyl/N-ethyl adjacent to an activating group) is 1. The van der Waals surface area contributed by atoms with Gasteiger partial charge in [0.15, 0.2) is 0 Å². The van der Waals surface area contributed by atoms with Crippen molar-refractivity contribution in [2.24, 2.45) is 5.41 Å². The van der Waals surface area contributed by atoms with Crippen molar-refractivity contribution in [2.75, 3.05) is 45.3 Å². The molecule has 1 unspecified atom stereocenters. The van der Waals surface area contributed by atoms with Gasteiger partial charge in [0.05, 0.1) is 12.1 Å². The average Bonchev–Trinajstić information content (AvgIpc) is 2.15. The molecule has 1 aliphatic rings. The number of hydrogen-bond acceptors (Lipinski definition) is 4. The minimum atomic E-state index is -0.0670. The molecule has 2 N–H and O–H groups in total. The smallest absolute Gasteiger partial charge is 0.0621 e. The zero-order chi connectivity index (χ0) is 12.2. The van der Waals surface area contributed by atoms with Crippen LogP contribution in [0.15, 0.2) is 0 Å². The normalized spacial score (nSPS) is 29.6. The topological polar surface area (TPSA) is 35.5 Å². The van der Waals surface area contributed by atoms with Crippen LogP contribution in [0.1, 0.15) is 20.3 Å². The van der Waals surface area contributed by atoms with E-state index in [-0.39, 0.29) is 12.1 Å². The van der Waals surface area contributed by atoms with Crippen molar-refractivity contribution in [3.8, 4) is 0 Å². The number of hydrogen-bond donors (Lipinski definition) is 2. The molecular formula is C12H26N2OS. The van der Waals surface area contributed by atoms with Gasteiger partial charge in [-0.05, 0) is 31.7 Å².